The van der Waals surface area contributed by atoms with Crippen LogP contribution in [0.25, 0.3) is 0 Å². The molecule has 1 N–H and O–H groups in total. The molecule has 8 nitrogen and oxygen atoms in total. The molecular weight excluding hydrogens is 296 g/mol. The van der Waals surface area contributed by atoms with E-state index in [1.165, 1.54) is 19.1 Å². The third kappa shape index (κ3) is 2.73. The SMILES string of the molecule is Cc1cccc([N+](=O)[O-])c1S(=O)(=O)N1CCNCC1C#N. The van der Waals surface area contributed by atoms with Crippen molar-refractivity contribution in [3.8, 4) is 6.07 Å². The summed E-state index contributed by atoms with van der Waals surface area (Å²) in [5.74, 6) is 0. The average molecular weight is 310 g/mol. The van der Waals surface area contributed by atoms with E-state index in [0.717, 1.165) is 10.4 Å². The highest BCUT2D eigenvalue weighted by Gasteiger charge is 2.38. The Morgan fingerprint density at radius 2 is 2.24 bits per heavy atom. The quantitative estimate of drug-likeness (QED) is 0.637. The van der Waals surface area contributed by atoms with E-state index in [2.05, 4.69) is 5.32 Å². The van der Waals surface area contributed by atoms with Gasteiger partial charge in [0.15, 0.2) is 4.90 Å². The Hall–Kier alpha value is -2.02. The molecule has 1 fully saturated rings. The first-order valence-electron chi connectivity index (χ1n) is 6.25. The van der Waals surface area contributed by atoms with Gasteiger partial charge < -0.3 is 5.32 Å². The lowest BCUT2D eigenvalue weighted by Crippen LogP contribution is -2.53. The molecule has 0 spiro atoms. The average Bonchev–Trinajstić information content (AvgIpc) is 2.46. The van der Waals surface area contributed by atoms with Gasteiger partial charge in [0.25, 0.3) is 15.7 Å². The van der Waals surface area contributed by atoms with Gasteiger partial charge in [-0.05, 0) is 12.5 Å². The van der Waals surface area contributed by atoms with E-state index < -0.39 is 26.7 Å². The Labute approximate surface area is 122 Å². The van der Waals surface area contributed by atoms with E-state index in [9.17, 15) is 18.5 Å². The fourth-order valence-electron chi connectivity index (χ4n) is 2.32. The van der Waals surface area contributed by atoms with Crippen molar-refractivity contribution in [2.75, 3.05) is 19.6 Å². The number of rotatable bonds is 3. The lowest BCUT2D eigenvalue weighted by molar-refractivity contribution is -0.387. The monoisotopic (exact) mass is 310 g/mol. The topological polar surface area (TPSA) is 116 Å². The Kier molecular flexibility index (Phi) is 4.22. The minimum absolute atomic E-state index is 0.103. The van der Waals surface area contributed by atoms with Crippen molar-refractivity contribution < 1.29 is 13.3 Å². The van der Waals surface area contributed by atoms with Crippen molar-refractivity contribution in [2.45, 2.75) is 17.9 Å². The van der Waals surface area contributed by atoms with Crippen LogP contribution >= 0.6 is 0 Å². The van der Waals surface area contributed by atoms with Crippen LogP contribution in [-0.4, -0.2) is 43.3 Å². The summed E-state index contributed by atoms with van der Waals surface area (Å²) in [6.45, 7) is 2.21. The number of sulfonamides is 1. The summed E-state index contributed by atoms with van der Waals surface area (Å²) in [6, 6.07) is 5.14. The van der Waals surface area contributed by atoms with Crippen LogP contribution < -0.4 is 5.32 Å². The summed E-state index contributed by atoms with van der Waals surface area (Å²) in [7, 11) is -4.10. The number of nitriles is 1. The maximum Gasteiger partial charge on any atom is 0.289 e. The van der Waals surface area contributed by atoms with Gasteiger partial charge in [-0.15, -0.1) is 0 Å². The van der Waals surface area contributed by atoms with Crippen molar-refractivity contribution in [3.63, 3.8) is 0 Å². The molecule has 1 aliphatic heterocycles. The van der Waals surface area contributed by atoms with E-state index >= 15 is 0 Å². The van der Waals surface area contributed by atoms with E-state index in [4.69, 9.17) is 5.26 Å². The summed E-state index contributed by atoms with van der Waals surface area (Å²) >= 11 is 0. The largest absolute Gasteiger partial charge is 0.313 e. The minimum atomic E-state index is -4.10. The molecule has 112 valence electrons. The van der Waals surface area contributed by atoms with Gasteiger partial charge in [-0.1, -0.05) is 12.1 Å². The molecule has 0 saturated carbocycles. The predicted molar refractivity (Wildman–Crippen MR) is 74.0 cm³/mol. The van der Waals surface area contributed by atoms with Crippen LogP contribution in [0.3, 0.4) is 0 Å². The Bertz CT molecular complexity index is 710. The van der Waals surface area contributed by atoms with E-state index in [-0.39, 0.29) is 18.0 Å². The third-order valence-electron chi connectivity index (χ3n) is 3.30. The second-order valence-electron chi connectivity index (χ2n) is 4.65. The predicted octanol–water partition coefficient (Wildman–Crippen LogP) is 0.389. The highest BCUT2D eigenvalue weighted by molar-refractivity contribution is 7.89. The zero-order valence-corrected chi connectivity index (χ0v) is 12.1. The normalized spacial score (nSPS) is 19.9. The number of aryl methyl sites for hydroxylation is 1. The minimum Gasteiger partial charge on any atom is -0.313 e. The van der Waals surface area contributed by atoms with Crippen molar-refractivity contribution in [2.24, 2.45) is 0 Å². The highest BCUT2D eigenvalue weighted by atomic mass is 32.2. The van der Waals surface area contributed by atoms with Crippen LogP contribution in [0.1, 0.15) is 5.56 Å². The number of hydrogen-bond donors (Lipinski definition) is 1. The third-order valence-corrected chi connectivity index (χ3v) is 5.40. The number of nitrogens with zero attached hydrogens (tertiary/aromatic N) is 3. The van der Waals surface area contributed by atoms with Crippen LogP contribution in [-0.2, 0) is 10.0 Å². The molecule has 0 aromatic heterocycles. The van der Waals surface area contributed by atoms with Crippen molar-refractivity contribution in [1.29, 1.82) is 5.26 Å². The molecule has 0 radical (unpaired) electrons. The van der Waals surface area contributed by atoms with Crippen molar-refractivity contribution in [3.05, 3.63) is 33.9 Å². The summed E-state index contributed by atoms with van der Waals surface area (Å²) in [5, 5.41) is 23.1. The second kappa shape index (κ2) is 5.77. The number of piperazine rings is 1. The Morgan fingerprint density at radius 3 is 2.86 bits per heavy atom. The number of nitro benzene ring substituents is 1. The van der Waals surface area contributed by atoms with Gasteiger partial charge in [-0.2, -0.15) is 9.57 Å². The van der Waals surface area contributed by atoms with E-state index in [1.807, 2.05) is 6.07 Å². The van der Waals surface area contributed by atoms with E-state index in [1.54, 1.807) is 0 Å². The highest BCUT2D eigenvalue weighted by Crippen LogP contribution is 2.30. The van der Waals surface area contributed by atoms with Crippen LogP contribution in [0, 0.1) is 28.4 Å². The van der Waals surface area contributed by atoms with Gasteiger partial charge >= 0.3 is 0 Å². The van der Waals surface area contributed by atoms with Crippen molar-refractivity contribution >= 4 is 15.7 Å². The smallest absolute Gasteiger partial charge is 0.289 e. The molecule has 1 aromatic carbocycles. The molecule has 2 rings (SSSR count). The van der Waals surface area contributed by atoms with Gasteiger partial charge in [0.05, 0.1) is 11.0 Å². The van der Waals surface area contributed by atoms with Gasteiger partial charge in [0.2, 0.25) is 0 Å². The fourth-order valence-corrected chi connectivity index (χ4v) is 4.22. The first-order valence-corrected chi connectivity index (χ1v) is 7.69. The maximum atomic E-state index is 12.7. The molecule has 0 aliphatic carbocycles. The Balaban J connectivity index is 2.59. The fraction of sp³-hybridized carbons (Fsp3) is 0.417. The molecule has 9 heteroatoms. The molecule has 21 heavy (non-hydrogen) atoms. The molecule has 1 heterocycles. The van der Waals surface area contributed by atoms with Crippen LogP contribution in [0.5, 0.6) is 0 Å². The van der Waals surface area contributed by atoms with Gasteiger partial charge in [0, 0.05) is 25.7 Å². The molecule has 1 atom stereocenters. The van der Waals surface area contributed by atoms with Crippen LogP contribution in [0.15, 0.2) is 23.1 Å². The molecule has 0 bridgehead atoms. The number of nitro groups is 1. The molecule has 1 unspecified atom stereocenters. The molecular formula is C12H14N4O4S. The molecule has 1 aromatic rings. The summed E-state index contributed by atoms with van der Waals surface area (Å²) < 4.78 is 26.5. The molecule has 1 saturated heterocycles. The lowest BCUT2D eigenvalue weighted by Gasteiger charge is -2.31. The zero-order valence-electron chi connectivity index (χ0n) is 11.3. The first-order chi connectivity index (χ1) is 9.89. The van der Waals surface area contributed by atoms with E-state index in [0.29, 0.717) is 12.1 Å². The standard InChI is InChI=1S/C12H14N4O4S/c1-9-3-2-4-11(16(17)18)12(9)21(19,20)15-6-5-14-8-10(15)7-13/h2-4,10,14H,5-6,8H2,1H3. The lowest BCUT2D eigenvalue weighted by atomic mass is 10.2. The number of nitrogens with one attached hydrogen (secondary N) is 1. The number of hydrogen-bond acceptors (Lipinski definition) is 6. The first kappa shape index (κ1) is 15.4. The number of benzene rings is 1. The second-order valence-corrected chi connectivity index (χ2v) is 6.47. The summed E-state index contributed by atoms with van der Waals surface area (Å²) in [4.78, 5) is 10.0. The van der Waals surface area contributed by atoms with Gasteiger partial charge in [-0.3, -0.25) is 10.1 Å². The summed E-state index contributed by atoms with van der Waals surface area (Å²) in [5.41, 5.74) is -0.176. The molecule has 0 amide bonds. The molecule has 1 aliphatic rings. The Morgan fingerprint density at radius 1 is 1.52 bits per heavy atom. The van der Waals surface area contributed by atoms with Crippen LogP contribution in [0.4, 0.5) is 5.69 Å². The van der Waals surface area contributed by atoms with Crippen LogP contribution in [0.2, 0.25) is 0 Å². The van der Waals surface area contributed by atoms with Gasteiger partial charge in [-0.25, -0.2) is 8.42 Å². The zero-order chi connectivity index (χ0) is 15.6. The van der Waals surface area contributed by atoms with Gasteiger partial charge in [0.1, 0.15) is 6.04 Å². The maximum absolute atomic E-state index is 12.7. The van der Waals surface area contributed by atoms with Crippen molar-refractivity contribution in [1.82, 2.24) is 9.62 Å². The summed E-state index contributed by atoms with van der Waals surface area (Å²) in [6.07, 6.45) is 0.